The smallest absolute Gasteiger partial charge is 0.352 e. The maximum atomic E-state index is 10.8. The molecule has 0 aromatic carbocycles. The Kier molecular flexibility index (Phi) is 2.32. The average molecular weight is 193 g/mol. The topological polar surface area (TPSA) is 42.2 Å². The van der Waals surface area contributed by atoms with Gasteiger partial charge in [0.15, 0.2) is 0 Å². The molecule has 1 heterocycles. The van der Waals surface area contributed by atoms with E-state index in [1.165, 1.54) is 12.8 Å². The van der Waals surface area contributed by atoms with Gasteiger partial charge in [0.05, 0.1) is 0 Å². The van der Waals surface area contributed by atoms with Crippen LogP contribution in [0.4, 0.5) is 0 Å². The van der Waals surface area contributed by atoms with Gasteiger partial charge in [0.2, 0.25) is 0 Å². The maximum Gasteiger partial charge on any atom is 0.352 e. The third kappa shape index (κ3) is 1.81. The lowest BCUT2D eigenvalue weighted by Crippen LogP contribution is -2.13. The normalized spacial score (nSPS) is 18.1. The van der Waals surface area contributed by atoms with Gasteiger partial charge in [0.25, 0.3) is 0 Å². The van der Waals surface area contributed by atoms with E-state index >= 15 is 0 Å². The number of aromatic nitrogens is 1. The Hall–Kier alpha value is -1.25. The highest BCUT2D eigenvalue weighted by Crippen LogP contribution is 2.37. The van der Waals surface area contributed by atoms with E-state index in [1.54, 1.807) is 12.1 Å². The van der Waals surface area contributed by atoms with Crippen molar-refractivity contribution in [2.24, 2.45) is 11.8 Å². The number of carboxylic acid groups (broad SMARTS) is 1. The molecule has 0 radical (unpaired) electrons. The van der Waals surface area contributed by atoms with Crippen LogP contribution in [0.1, 0.15) is 30.3 Å². The number of hydrogen-bond donors (Lipinski definition) is 1. The van der Waals surface area contributed by atoms with Crippen LogP contribution in [0, 0.1) is 11.8 Å². The molecule has 1 fully saturated rings. The summed E-state index contributed by atoms with van der Waals surface area (Å²) < 4.78 is 1.84. The monoisotopic (exact) mass is 193 g/mol. The third-order valence-corrected chi connectivity index (χ3v) is 2.96. The maximum absolute atomic E-state index is 10.8. The Morgan fingerprint density at radius 1 is 1.71 bits per heavy atom. The van der Waals surface area contributed by atoms with E-state index in [4.69, 9.17) is 5.11 Å². The van der Waals surface area contributed by atoms with Gasteiger partial charge in [0.1, 0.15) is 5.69 Å². The van der Waals surface area contributed by atoms with Gasteiger partial charge >= 0.3 is 5.97 Å². The zero-order chi connectivity index (χ0) is 10.1. The molecular weight excluding hydrogens is 178 g/mol. The van der Waals surface area contributed by atoms with Crippen molar-refractivity contribution in [2.45, 2.75) is 26.3 Å². The molecule has 14 heavy (non-hydrogen) atoms. The van der Waals surface area contributed by atoms with E-state index in [2.05, 4.69) is 6.92 Å². The molecule has 76 valence electrons. The summed E-state index contributed by atoms with van der Waals surface area (Å²) in [7, 11) is 0. The van der Waals surface area contributed by atoms with Gasteiger partial charge < -0.3 is 9.67 Å². The fourth-order valence-corrected chi connectivity index (χ4v) is 1.89. The van der Waals surface area contributed by atoms with Crippen molar-refractivity contribution in [3.8, 4) is 0 Å². The van der Waals surface area contributed by atoms with Crippen molar-refractivity contribution >= 4 is 5.97 Å². The van der Waals surface area contributed by atoms with E-state index in [1.807, 2.05) is 10.8 Å². The third-order valence-electron chi connectivity index (χ3n) is 2.96. The number of aromatic carboxylic acids is 1. The minimum absolute atomic E-state index is 0.400. The molecule has 0 amide bonds. The van der Waals surface area contributed by atoms with Crippen molar-refractivity contribution < 1.29 is 9.90 Å². The molecule has 0 bridgehead atoms. The summed E-state index contributed by atoms with van der Waals surface area (Å²) in [6.07, 6.45) is 4.47. The van der Waals surface area contributed by atoms with Gasteiger partial charge in [-0.1, -0.05) is 6.92 Å². The van der Waals surface area contributed by atoms with Gasteiger partial charge in [0, 0.05) is 12.7 Å². The van der Waals surface area contributed by atoms with Crippen LogP contribution in [-0.4, -0.2) is 15.6 Å². The van der Waals surface area contributed by atoms with E-state index in [0.29, 0.717) is 11.6 Å². The summed E-state index contributed by atoms with van der Waals surface area (Å²) in [5.74, 6) is 0.581. The van der Waals surface area contributed by atoms with Gasteiger partial charge in [-0.25, -0.2) is 4.79 Å². The first-order valence-electron chi connectivity index (χ1n) is 5.07. The zero-order valence-corrected chi connectivity index (χ0v) is 8.31. The second-order valence-electron chi connectivity index (χ2n) is 4.17. The van der Waals surface area contributed by atoms with Crippen molar-refractivity contribution in [2.75, 3.05) is 0 Å². The standard InChI is InChI=1S/C11H15NO2/c1-8(9-4-5-9)7-12-6-2-3-10(12)11(13)14/h2-3,6,8-9H,4-5,7H2,1H3,(H,13,14). The number of carboxylic acids is 1. The lowest BCUT2D eigenvalue weighted by molar-refractivity contribution is 0.0684. The van der Waals surface area contributed by atoms with E-state index < -0.39 is 5.97 Å². The predicted octanol–water partition coefficient (Wildman–Crippen LogP) is 2.23. The van der Waals surface area contributed by atoms with E-state index in [9.17, 15) is 4.79 Å². The Labute approximate surface area is 83.4 Å². The summed E-state index contributed by atoms with van der Waals surface area (Å²) in [5.41, 5.74) is 0.400. The lowest BCUT2D eigenvalue weighted by Gasteiger charge is -2.12. The average Bonchev–Trinajstić information content (AvgIpc) is 2.87. The van der Waals surface area contributed by atoms with Crippen molar-refractivity contribution in [1.29, 1.82) is 0 Å². The Morgan fingerprint density at radius 3 is 3.00 bits per heavy atom. The summed E-state index contributed by atoms with van der Waals surface area (Å²) >= 11 is 0. The highest BCUT2D eigenvalue weighted by molar-refractivity contribution is 5.85. The van der Waals surface area contributed by atoms with Crippen LogP contribution < -0.4 is 0 Å². The first kappa shape index (κ1) is 9.31. The Morgan fingerprint density at radius 2 is 2.43 bits per heavy atom. The predicted molar refractivity (Wildman–Crippen MR) is 53.3 cm³/mol. The molecule has 1 aliphatic carbocycles. The van der Waals surface area contributed by atoms with Crippen molar-refractivity contribution in [1.82, 2.24) is 4.57 Å². The minimum atomic E-state index is -0.835. The zero-order valence-electron chi connectivity index (χ0n) is 8.31. The van der Waals surface area contributed by atoms with Crippen LogP contribution in [0.5, 0.6) is 0 Å². The first-order chi connectivity index (χ1) is 6.68. The molecular formula is C11H15NO2. The van der Waals surface area contributed by atoms with Crippen molar-refractivity contribution in [3.63, 3.8) is 0 Å². The largest absolute Gasteiger partial charge is 0.477 e. The molecule has 1 N–H and O–H groups in total. The van der Waals surface area contributed by atoms with Crippen molar-refractivity contribution in [3.05, 3.63) is 24.0 Å². The van der Waals surface area contributed by atoms with Crippen LogP contribution in [0.25, 0.3) is 0 Å². The molecule has 1 aromatic heterocycles. The fourth-order valence-electron chi connectivity index (χ4n) is 1.89. The second-order valence-corrected chi connectivity index (χ2v) is 4.17. The molecule has 0 spiro atoms. The highest BCUT2D eigenvalue weighted by Gasteiger charge is 2.28. The minimum Gasteiger partial charge on any atom is -0.477 e. The molecule has 3 heteroatoms. The van der Waals surface area contributed by atoms with Crippen LogP contribution in [-0.2, 0) is 6.54 Å². The first-order valence-corrected chi connectivity index (χ1v) is 5.07. The molecule has 0 saturated heterocycles. The highest BCUT2D eigenvalue weighted by atomic mass is 16.4. The SMILES string of the molecule is CC(Cn1cccc1C(=O)O)C1CC1. The molecule has 1 aliphatic rings. The van der Waals surface area contributed by atoms with Gasteiger partial charge in [-0.3, -0.25) is 0 Å². The number of rotatable bonds is 4. The fraction of sp³-hybridized carbons (Fsp3) is 0.545. The quantitative estimate of drug-likeness (QED) is 0.796. The van der Waals surface area contributed by atoms with Crippen LogP contribution in [0.2, 0.25) is 0 Å². The van der Waals surface area contributed by atoms with Gasteiger partial charge in [-0.2, -0.15) is 0 Å². The summed E-state index contributed by atoms with van der Waals surface area (Å²) in [5, 5.41) is 8.90. The summed E-state index contributed by atoms with van der Waals surface area (Å²) in [6.45, 7) is 3.03. The van der Waals surface area contributed by atoms with E-state index in [-0.39, 0.29) is 0 Å². The van der Waals surface area contributed by atoms with Gasteiger partial charge in [-0.05, 0) is 36.8 Å². The summed E-state index contributed by atoms with van der Waals surface area (Å²) in [4.78, 5) is 10.8. The molecule has 3 nitrogen and oxygen atoms in total. The molecule has 1 saturated carbocycles. The number of hydrogen-bond acceptors (Lipinski definition) is 1. The summed E-state index contributed by atoms with van der Waals surface area (Å²) in [6, 6.07) is 3.45. The number of nitrogens with zero attached hydrogens (tertiary/aromatic N) is 1. The van der Waals surface area contributed by atoms with Crippen LogP contribution >= 0.6 is 0 Å². The van der Waals surface area contributed by atoms with Gasteiger partial charge in [-0.15, -0.1) is 0 Å². The molecule has 1 atom stereocenters. The Bertz CT molecular complexity index is 339. The van der Waals surface area contributed by atoms with E-state index in [0.717, 1.165) is 12.5 Å². The molecule has 0 aliphatic heterocycles. The Balaban J connectivity index is 2.07. The molecule has 1 aromatic rings. The second kappa shape index (κ2) is 3.48. The lowest BCUT2D eigenvalue weighted by atomic mass is 10.1. The number of carbonyl (C=O) groups is 1. The van der Waals surface area contributed by atoms with Crippen LogP contribution in [0.3, 0.4) is 0 Å². The molecule has 1 unspecified atom stereocenters. The molecule has 2 rings (SSSR count). The van der Waals surface area contributed by atoms with Crippen LogP contribution in [0.15, 0.2) is 18.3 Å².